The van der Waals surface area contributed by atoms with Crippen molar-refractivity contribution in [1.82, 2.24) is 0 Å². The van der Waals surface area contributed by atoms with Gasteiger partial charge in [0.2, 0.25) is 0 Å². The first kappa shape index (κ1) is 21.3. The largest absolute Gasteiger partial charge is 0.399 e. The molecule has 0 aliphatic heterocycles. The summed E-state index contributed by atoms with van der Waals surface area (Å²) in [6, 6.07) is 12.2. The molecule has 8 heteroatoms. The predicted octanol–water partition coefficient (Wildman–Crippen LogP) is 6.69. The molecule has 0 atom stereocenters. The Kier molecular flexibility index (Phi) is 5.30. The van der Waals surface area contributed by atoms with Gasteiger partial charge in [-0.3, -0.25) is 0 Å². The van der Waals surface area contributed by atoms with Gasteiger partial charge in [0.1, 0.15) is 0 Å². The summed E-state index contributed by atoms with van der Waals surface area (Å²) in [4.78, 5) is 0. The minimum atomic E-state index is -1.67. The lowest BCUT2D eigenvalue weighted by atomic mass is 9.88. The maximum Gasteiger partial charge on any atom is 0.195 e. The van der Waals surface area contributed by atoms with Gasteiger partial charge in [-0.2, -0.15) is 0 Å². The first-order chi connectivity index (χ1) is 15.2. The molecule has 32 heavy (non-hydrogen) atoms. The molecule has 4 N–H and O–H groups in total. The van der Waals surface area contributed by atoms with Crippen LogP contribution in [0.2, 0.25) is 0 Å². The lowest BCUT2D eigenvalue weighted by molar-refractivity contribution is 0.449. The third-order valence-corrected chi connectivity index (χ3v) is 5.03. The molecule has 0 heterocycles. The first-order valence-electron chi connectivity index (χ1n) is 9.26. The Balaban J connectivity index is 2.04. The third kappa shape index (κ3) is 3.53. The van der Waals surface area contributed by atoms with Crippen molar-refractivity contribution in [2.45, 2.75) is 0 Å². The fourth-order valence-electron chi connectivity index (χ4n) is 3.51. The number of halogens is 6. The number of rotatable bonds is 3. The molecule has 0 spiro atoms. The van der Waals surface area contributed by atoms with Crippen molar-refractivity contribution < 1.29 is 26.3 Å². The van der Waals surface area contributed by atoms with Crippen molar-refractivity contribution in [2.75, 3.05) is 11.5 Å². The van der Waals surface area contributed by atoms with Crippen molar-refractivity contribution in [2.24, 2.45) is 0 Å². The molecule has 0 saturated heterocycles. The third-order valence-electron chi connectivity index (χ3n) is 5.03. The van der Waals surface area contributed by atoms with Crippen molar-refractivity contribution in [1.29, 1.82) is 0 Å². The van der Waals surface area contributed by atoms with Crippen LogP contribution in [0.4, 0.5) is 37.7 Å². The molecule has 0 fully saturated rings. The Morgan fingerprint density at radius 2 is 0.719 bits per heavy atom. The molecule has 4 aromatic carbocycles. The van der Waals surface area contributed by atoms with Crippen molar-refractivity contribution in [3.8, 4) is 33.4 Å². The minimum absolute atomic E-state index is 0.0791. The summed E-state index contributed by atoms with van der Waals surface area (Å²) in [5.74, 6) is -8.94. The number of hydrogen-bond acceptors (Lipinski definition) is 2. The van der Waals surface area contributed by atoms with Gasteiger partial charge in [0.25, 0.3) is 0 Å². The van der Waals surface area contributed by atoms with Crippen molar-refractivity contribution in [3.63, 3.8) is 0 Å². The molecular formula is C24H14F6N2. The Bertz CT molecular complexity index is 1260. The molecule has 0 aliphatic rings. The summed E-state index contributed by atoms with van der Waals surface area (Å²) in [6.07, 6.45) is 0. The van der Waals surface area contributed by atoms with Gasteiger partial charge in [-0.15, -0.1) is 0 Å². The number of nitrogens with two attached hydrogens (primary N) is 2. The summed E-state index contributed by atoms with van der Waals surface area (Å²) in [7, 11) is 0. The molecule has 0 saturated carbocycles. The van der Waals surface area contributed by atoms with Gasteiger partial charge >= 0.3 is 0 Å². The van der Waals surface area contributed by atoms with Crippen LogP contribution < -0.4 is 11.5 Å². The molecule has 4 rings (SSSR count). The average Bonchev–Trinajstić information content (AvgIpc) is 2.76. The van der Waals surface area contributed by atoms with Crippen LogP contribution in [0.1, 0.15) is 0 Å². The molecule has 0 unspecified atom stereocenters. The fraction of sp³-hybridized carbons (Fsp3) is 0. The van der Waals surface area contributed by atoms with E-state index in [1.54, 1.807) is 0 Å². The molecule has 0 amide bonds. The maximum absolute atomic E-state index is 14.6. The predicted molar refractivity (Wildman–Crippen MR) is 111 cm³/mol. The second-order valence-electron chi connectivity index (χ2n) is 7.06. The quantitative estimate of drug-likeness (QED) is 0.210. The highest BCUT2D eigenvalue weighted by Crippen LogP contribution is 2.42. The highest BCUT2D eigenvalue weighted by molar-refractivity contribution is 5.94. The molecular weight excluding hydrogens is 430 g/mol. The summed E-state index contributed by atoms with van der Waals surface area (Å²) < 4.78 is 84.0. The summed E-state index contributed by atoms with van der Waals surface area (Å²) in [5.41, 5.74) is 12.1. The van der Waals surface area contributed by atoms with E-state index in [9.17, 15) is 26.3 Å². The highest BCUT2D eigenvalue weighted by atomic mass is 19.2. The molecule has 4 aromatic rings. The Morgan fingerprint density at radius 3 is 1.09 bits per heavy atom. The number of hydrogen-bond donors (Lipinski definition) is 2. The number of benzene rings is 4. The highest BCUT2D eigenvalue weighted by Gasteiger charge is 2.22. The molecule has 0 aromatic heterocycles. The molecule has 0 radical (unpaired) electrons. The lowest BCUT2D eigenvalue weighted by Crippen LogP contribution is -1.99. The van der Waals surface area contributed by atoms with E-state index in [0.29, 0.717) is 0 Å². The van der Waals surface area contributed by atoms with Gasteiger partial charge in [0, 0.05) is 22.5 Å². The Morgan fingerprint density at radius 1 is 0.375 bits per heavy atom. The summed E-state index contributed by atoms with van der Waals surface area (Å²) in [6.45, 7) is 0. The van der Waals surface area contributed by atoms with E-state index in [2.05, 4.69) is 0 Å². The van der Waals surface area contributed by atoms with Crippen LogP contribution in [0.3, 0.4) is 0 Å². The number of anilines is 2. The molecule has 2 nitrogen and oxygen atoms in total. The molecule has 0 aliphatic carbocycles. The van der Waals surface area contributed by atoms with E-state index >= 15 is 0 Å². The van der Waals surface area contributed by atoms with Crippen LogP contribution >= 0.6 is 0 Å². The van der Waals surface area contributed by atoms with Gasteiger partial charge in [-0.25, -0.2) is 26.3 Å². The standard InChI is InChI=1S/C24H14F6N2/c25-19-7-5-15(21(27)23(19)29)17-9-11(31)1-3-13(17)14-4-2-12(32)10-18(14)16-6-8-20(26)24(30)22(16)28/h1-10H,31-32H2. The average molecular weight is 444 g/mol. The van der Waals surface area contributed by atoms with Crippen LogP contribution in [0.5, 0.6) is 0 Å². The summed E-state index contributed by atoms with van der Waals surface area (Å²) >= 11 is 0. The van der Waals surface area contributed by atoms with Crippen LogP contribution in [-0.2, 0) is 0 Å². The molecule has 0 bridgehead atoms. The van der Waals surface area contributed by atoms with Gasteiger partial charge in [0.15, 0.2) is 34.9 Å². The van der Waals surface area contributed by atoms with Crippen LogP contribution in [0.15, 0.2) is 60.7 Å². The zero-order valence-electron chi connectivity index (χ0n) is 16.2. The van der Waals surface area contributed by atoms with Gasteiger partial charge in [-0.05, 0) is 70.8 Å². The van der Waals surface area contributed by atoms with Crippen molar-refractivity contribution >= 4 is 11.4 Å². The lowest BCUT2D eigenvalue weighted by Gasteiger charge is -2.17. The van der Waals surface area contributed by atoms with Crippen LogP contribution in [-0.4, -0.2) is 0 Å². The van der Waals surface area contributed by atoms with Gasteiger partial charge in [-0.1, -0.05) is 12.1 Å². The van der Waals surface area contributed by atoms with Gasteiger partial charge in [0.05, 0.1) is 0 Å². The van der Waals surface area contributed by atoms with E-state index in [1.165, 1.54) is 36.4 Å². The van der Waals surface area contributed by atoms with Crippen LogP contribution in [0.25, 0.3) is 33.4 Å². The van der Waals surface area contributed by atoms with Gasteiger partial charge < -0.3 is 11.5 Å². The monoisotopic (exact) mass is 444 g/mol. The topological polar surface area (TPSA) is 52.0 Å². The number of nitrogen functional groups attached to an aromatic ring is 2. The second kappa shape index (κ2) is 7.96. The van der Waals surface area contributed by atoms with Crippen molar-refractivity contribution in [3.05, 3.63) is 95.6 Å². The zero-order chi connectivity index (χ0) is 23.2. The Hall–Kier alpha value is -3.94. The SMILES string of the molecule is Nc1ccc(-c2ccc(N)cc2-c2ccc(F)c(F)c2F)c(-c2ccc(F)c(F)c2F)c1. The minimum Gasteiger partial charge on any atom is -0.399 e. The fourth-order valence-corrected chi connectivity index (χ4v) is 3.51. The molecule has 162 valence electrons. The van der Waals surface area contributed by atoms with E-state index in [4.69, 9.17) is 11.5 Å². The normalized spacial score (nSPS) is 11.1. The van der Waals surface area contributed by atoms with E-state index in [0.717, 1.165) is 24.3 Å². The first-order valence-corrected chi connectivity index (χ1v) is 9.26. The summed E-state index contributed by atoms with van der Waals surface area (Å²) in [5, 5.41) is 0. The van der Waals surface area contributed by atoms with E-state index in [-0.39, 0.29) is 44.8 Å². The zero-order valence-corrected chi connectivity index (χ0v) is 16.2. The van der Waals surface area contributed by atoms with E-state index < -0.39 is 34.9 Å². The smallest absolute Gasteiger partial charge is 0.195 e. The Labute approximate surface area is 178 Å². The maximum atomic E-state index is 14.6. The van der Waals surface area contributed by atoms with E-state index in [1.807, 2.05) is 0 Å². The van der Waals surface area contributed by atoms with Crippen LogP contribution in [0, 0.1) is 34.9 Å². The second-order valence-corrected chi connectivity index (χ2v) is 7.06.